The largest absolute Gasteiger partial charge is 0.0602 e. The van der Waals surface area contributed by atoms with Crippen molar-refractivity contribution in [1.82, 2.24) is 0 Å². The Bertz CT molecular complexity index is 133. The van der Waals surface area contributed by atoms with Crippen molar-refractivity contribution >= 4 is 0 Å². The van der Waals surface area contributed by atoms with Crippen molar-refractivity contribution in [3.05, 3.63) is 0 Å². The molecule has 3 rings (SSSR count). The first kappa shape index (κ1) is 6.69. The highest BCUT2D eigenvalue weighted by Gasteiger charge is 2.56. The van der Waals surface area contributed by atoms with E-state index in [0.717, 1.165) is 11.3 Å². The van der Waals surface area contributed by atoms with Crippen LogP contribution in [0.5, 0.6) is 0 Å². The molecular formula is C10H18. The lowest BCUT2D eigenvalue weighted by atomic mass is 9.41. The van der Waals surface area contributed by atoms with Gasteiger partial charge in [0.05, 0.1) is 0 Å². The van der Waals surface area contributed by atoms with Crippen molar-refractivity contribution in [2.45, 2.75) is 46.5 Å². The van der Waals surface area contributed by atoms with Gasteiger partial charge >= 0.3 is 0 Å². The van der Waals surface area contributed by atoms with Gasteiger partial charge in [-0.3, -0.25) is 0 Å². The zero-order chi connectivity index (χ0) is 7.41. The van der Waals surface area contributed by atoms with E-state index in [0.29, 0.717) is 5.41 Å². The Morgan fingerprint density at radius 3 is 1.80 bits per heavy atom. The lowest BCUT2D eigenvalue weighted by Crippen LogP contribution is -2.53. The summed E-state index contributed by atoms with van der Waals surface area (Å²) in [5.74, 6) is 1.15. The second kappa shape index (κ2) is 1.60. The van der Waals surface area contributed by atoms with E-state index in [2.05, 4.69) is 20.8 Å². The van der Waals surface area contributed by atoms with E-state index < -0.39 is 0 Å². The van der Waals surface area contributed by atoms with E-state index >= 15 is 0 Å². The van der Waals surface area contributed by atoms with Gasteiger partial charge in [0.15, 0.2) is 0 Å². The third kappa shape index (κ3) is 0.889. The summed E-state index contributed by atoms with van der Waals surface area (Å²) in [4.78, 5) is 0. The highest BCUT2D eigenvalue weighted by Crippen LogP contribution is 2.68. The van der Waals surface area contributed by atoms with Crippen LogP contribution in [0.15, 0.2) is 0 Å². The molecule has 0 N–H and O–H groups in total. The van der Waals surface area contributed by atoms with Crippen LogP contribution in [0.2, 0.25) is 0 Å². The maximum absolute atomic E-state index is 2.37. The summed E-state index contributed by atoms with van der Waals surface area (Å²) in [5.41, 5.74) is 1.42. The predicted octanol–water partition coefficient (Wildman–Crippen LogP) is 3.22. The first-order chi connectivity index (χ1) is 4.49. The molecule has 0 heteroatoms. The summed E-state index contributed by atoms with van der Waals surface area (Å²) >= 11 is 0. The van der Waals surface area contributed by atoms with E-state index in [-0.39, 0.29) is 0 Å². The minimum Gasteiger partial charge on any atom is -0.0602 e. The first-order valence-corrected chi connectivity index (χ1v) is 4.49. The average molecular weight is 138 g/mol. The molecule has 3 fully saturated rings. The number of hydrogen-bond acceptors (Lipinski definition) is 0. The fourth-order valence-corrected chi connectivity index (χ4v) is 3.00. The molecule has 0 heterocycles. The molecule has 0 spiro atoms. The number of hydrogen-bond donors (Lipinski definition) is 0. The molecule has 0 aromatic carbocycles. The predicted molar refractivity (Wildman–Crippen MR) is 43.8 cm³/mol. The molecule has 0 radical (unpaired) electrons. The minimum atomic E-state index is 0.575. The van der Waals surface area contributed by atoms with Crippen LogP contribution in [-0.4, -0.2) is 0 Å². The van der Waals surface area contributed by atoms with E-state index in [9.17, 15) is 0 Å². The molecule has 0 aliphatic heterocycles. The summed E-state index contributed by atoms with van der Waals surface area (Å²) < 4.78 is 0. The molecule has 0 aromatic heterocycles. The molecule has 0 unspecified atom stereocenters. The zero-order valence-electron chi connectivity index (χ0n) is 7.41. The van der Waals surface area contributed by atoms with Crippen LogP contribution in [-0.2, 0) is 0 Å². The summed E-state index contributed by atoms with van der Waals surface area (Å²) in [6.45, 7) is 7.11. The quantitative estimate of drug-likeness (QED) is 0.522. The molecule has 3 aliphatic rings. The van der Waals surface area contributed by atoms with Crippen LogP contribution in [0.4, 0.5) is 0 Å². The Morgan fingerprint density at radius 1 is 1.20 bits per heavy atom. The van der Waals surface area contributed by atoms with Crippen LogP contribution < -0.4 is 0 Å². The Morgan fingerprint density at radius 2 is 1.70 bits per heavy atom. The molecule has 0 amide bonds. The van der Waals surface area contributed by atoms with E-state index in [1.807, 2.05) is 0 Å². The first-order valence-electron chi connectivity index (χ1n) is 4.49. The van der Waals surface area contributed by atoms with Crippen molar-refractivity contribution in [3.63, 3.8) is 0 Å². The van der Waals surface area contributed by atoms with Crippen LogP contribution in [0.1, 0.15) is 46.5 Å². The van der Waals surface area contributed by atoms with Gasteiger partial charge in [0.2, 0.25) is 0 Å². The SMILES string of the molecule is CC(C)(C)CC12CC(C1)C2. The van der Waals surface area contributed by atoms with Crippen molar-refractivity contribution in [2.24, 2.45) is 16.7 Å². The highest BCUT2D eigenvalue weighted by molar-refractivity contribution is 5.07. The van der Waals surface area contributed by atoms with Gasteiger partial charge < -0.3 is 0 Å². The molecule has 58 valence electrons. The Hall–Kier alpha value is 0. The summed E-state index contributed by atoms with van der Waals surface area (Å²) in [6.07, 6.45) is 6.15. The van der Waals surface area contributed by atoms with Gasteiger partial charge in [0, 0.05) is 0 Å². The fourth-order valence-electron chi connectivity index (χ4n) is 3.00. The van der Waals surface area contributed by atoms with E-state index in [1.54, 1.807) is 19.3 Å². The molecule has 0 atom stereocenters. The van der Waals surface area contributed by atoms with Crippen LogP contribution in [0.25, 0.3) is 0 Å². The molecule has 2 bridgehead atoms. The Labute approximate surface area is 64.0 Å². The lowest BCUT2D eigenvalue weighted by molar-refractivity contribution is -0.130. The van der Waals surface area contributed by atoms with Crippen molar-refractivity contribution in [3.8, 4) is 0 Å². The topological polar surface area (TPSA) is 0 Å². The smallest absolute Gasteiger partial charge is 0.0285 e. The van der Waals surface area contributed by atoms with Crippen molar-refractivity contribution < 1.29 is 0 Å². The minimum absolute atomic E-state index is 0.575. The molecule has 10 heavy (non-hydrogen) atoms. The third-order valence-corrected chi connectivity index (χ3v) is 3.07. The van der Waals surface area contributed by atoms with Crippen LogP contribution in [0.3, 0.4) is 0 Å². The van der Waals surface area contributed by atoms with Crippen molar-refractivity contribution in [1.29, 1.82) is 0 Å². The molecule has 0 nitrogen and oxygen atoms in total. The molecule has 0 saturated heterocycles. The van der Waals surface area contributed by atoms with Gasteiger partial charge in [-0.1, -0.05) is 20.8 Å². The summed E-state index contributed by atoms with van der Waals surface area (Å²) in [6, 6.07) is 0. The third-order valence-electron chi connectivity index (χ3n) is 3.07. The van der Waals surface area contributed by atoms with Crippen LogP contribution >= 0.6 is 0 Å². The average Bonchev–Trinajstić information content (AvgIpc) is 1.48. The van der Waals surface area contributed by atoms with Gasteiger partial charge in [-0.15, -0.1) is 0 Å². The Kier molecular flexibility index (Phi) is 1.07. The summed E-state index contributed by atoms with van der Waals surface area (Å²) in [5, 5.41) is 0. The second-order valence-corrected chi connectivity index (χ2v) is 5.72. The number of rotatable bonds is 1. The lowest BCUT2D eigenvalue weighted by Gasteiger charge is -2.64. The molecule has 0 aromatic rings. The maximum Gasteiger partial charge on any atom is -0.0285 e. The molecular weight excluding hydrogens is 120 g/mol. The second-order valence-electron chi connectivity index (χ2n) is 5.72. The van der Waals surface area contributed by atoms with Gasteiger partial charge in [-0.05, 0) is 42.4 Å². The van der Waals surface area contributed by atoms with Crippen LogP contribution in [0, 0.1) is 16.7 Å². The zero-order valence-corrected chi connectivity index (χ0v) is 7.41. The standard InChI is InChI=1S/C10H18/c1-9(2,3)7-10-4-8(5-10)6-10/h8H,4-7H2,1-3H3. The van der Waals surface area contributed by atoms with E-state index in [1.165, 1.54) is 6.42 Å². The van der Waals surface area contributed by atoms with E-state index in [4.69, 9.17) is 0 Å². The maximum atomic E-state index is 2.37. The summed E-state index contributed by atoms with van der Waals surface area (Å²) in [7, 11) is 0. The fraction of sp³-hybridized carbons (Fsp3) is 1.00. The van der Waals surface area contributed by atoms with Crippen molar-refractivity contribution in [2.75, 3.05) is 0 Å². The highest BCUT2D eigenvalue weighted by atomic mass is 14.6. The van der Waals surface area contributed by atoms with Gasteiger partial charge in [0.25, 0.3) is 0 Å². The molecule has 3 aliphatic carbocycles. The van der Waals surface area contributed by atoms with Gasteiger partial charge in [-0.2, -0.15) is 0 Å². The normalized spacial score (nSPS) is 44.1. The van der Waals surface area contributed by atoms with Gasteiger partial charge in [-0.25, -0.2) is 0 Å². The Balaban J connectivity index is 1.90. The monoisotopic (exact) mass is 138 g/mol. The molecule has 3 saturated carbocycles. The van der Waals surface area contributed by atoms with Gasteiger partial charge in [0.1, 0.15) is 0 Å².